The van der Waals surface area contributed by atoms with Gasteiger partial charge in [-0.25, -0.2) is 0 Å². The van der Waals surface area contributed by atoms with Crippen molar-refractivity contribution in [1.29, 1.82) is 0 Å². The second-order valence-electron chi connectivity index (χ2n) is 4.74. The zero-order chi connectivity index (χ0) is 13.7. The van der Waals surface area contributed by atoms with E-state index >= 15 is 0 Å². The molecule has 2 rings (SSSR count). The molecule has 104 valence electrons. The minimum absolute atomic E-state index is 0.218. The molecule has 0 atom stereocenters. The number of thioether (sulfide) groups is 1. The molecule has 3 N–H and O–H groups in total. The van der Waals surface area contributed by atoms with Crippen molar-refractivity contribution < 1.29 is 4.79 Å². The first-order valence-corrected chi connectivity index (χ1v) is 7.63. The average Bonchev–Trinajstić information content (AvgIpc) is 2.69. The van der Waals surface area contributed by atoms with E-state index in [9.17, 15) is 4.79 Å². The predicted octanol–water partition coefficient (Wildman–Crippen LogP) is 1.49. The number of anilines is 1. The summed E-state index contributed by atoms with van der Waals surface area (Å²) in [6, 6.07) is 5.85. The second kappa shape index (κ2) is 6.82. The van der Waals surface area contributed by atoms with Crippen LogP contribution in [-0.4, -0.2) is 42.7 Å². The highest BCUT2D eigenvalue weighted by Crippen LogP contribution is 2.26. The first-order valence-electron chi connectivity index (χ1n) is 6.65. The number of carbonyl (C=O) groups is 1. The normalized spacial score (nSPS) is 16.2. The molecule has 1 amide bonds. The Morgan fingerprint density at radius 3 is 3.11 bits per heavy atom. The Bertz CT molecular complexity index is 442. The van der Waals surface area contributed by atoms with Crippen LogP contribution in [0, 0.1) is 6.92 Å². The molecular weight excluding hydrogens is 258 g/mol. The largest absolute Gasteiger partial charge is 0.398 e. The Morgan fingerprint density at radius 1 is 1.42 bits per heavy atom. The van der Waals surface area contributed by atoms with E-state index in [1.165, 1.54) is 0 Å². The van der Waals surface area contributed by atoms with Gasteiger partial charge in [-0.3, -0.25) is 4.79 Å². The smallest absolute Gasteiger partial charge is 0.232 e. The Kier molecular flexibility index (Phi) is 5.10. The minimum Gasteiger partial charge on any atom is -0.398 e. The van der Waals surface area contributed by atoms with E-state index in [0.29, 0.717) is 5.75 Å². The molecule has 0 bridgehead atoms. The van der Waals surface area contributed by atoms with E-state index in [1.54, 1.807) is 11.8 Å². The van der Waals surface area contributed by atoms with Gasteiger partial charge in [0.2, 0.25) is 5.91 Å². The van der Waals surface area contributed by atoms with Gasteiger partial charge in [-0.05, 0) is 37.6 Å². The quantitative estimate of drug-likeness (QED) is 0.650. The lowest BCUT2D eigenvalue weighted by Gasteiger charge is -2.20. The molecule has 0 spiro atoms. The molecule has 5 heteroatoms. The lowest BCUT2D eigenvalue weighted by atomic mass is 10.2. The molecule has 4 nitrogen and oxygen atoms in total. The minimum atomic E-state index is 0.218. The van der Waals surface area contributed by atoms with E-state index in [-0.39, 0.29) is 5.91 Å². The van der Waals surface area contributed by atoms with Crippen molar-refractivity contribution in [3.63, 3.8) is 0 Å². The van der Waals surface area contributed by atoms with E-state index in [2.05, 4.69) is 5.32 Å². The first-order chi connectivity index (χ1) is 9.18. The molecule has 1 aromatic carbocycles. The number of benzene rings is 1. The maximum absolute atomic E-state index is 12.2. The zero-order valence-electron chi connectivity index (χ0n) is 11.3. The van der Waals surface area contributed by atoms with Gasteiger partial charge in [-0.2, -0.15) is 0 Å². The molecule has 0 aromatic heterocycles. The molecule has 1 aliphatic rings. The molecule has 1 aromatic rings. The maximum atomic E-state index is 12.2. The van der Waals surface area contributed by atoms with Crippen molar-refractivity contribution in [2.75, 3.05) is 37.7 Å². The topological polar surface area (TPSA) is 58.4 Å². The number of nitrogens with zero attached hydrogens (tertiary/aromatic N) is 1. The molecular formula is C14H21N3OS. The van der Waals surface area contributed by atoms with Crippen molar-refractivity contribution >= 4 is 23.4 Å². The fraction of sp³-hybridized carbons (Fsp3) is 0.500. The van der Waals surface area contributed by atoms with Gasteiger partial charge in [0.1, 0.15) is 0 Å². The van der Waals surface area contributed by atoms with Crippen molar-refractivity contribution in [2.45, 2.75) is 18.2 Å². The second-order valence-corrected chi connectivity index (χ2v) is 5.76. The Labute approximate surface area is 118 Å². The van der Waals surface area contributed by atoms with Crippen LogP contribution in [0.1, 0.15) is 12.0 Å². The van der Waals surface area contributed by atoms with Crippen LogP contribution in [0.5, 0.6) is 0 Å². The van der Waals surface area contributed by atoms with Crippen molar-refractivity contribution in [3.05, 3.63) is 23.8 Å². The van der Waals surface area contributed by atoms with E-state index in [0.717, 1.165) is 48.7 Å². The fourth-order valence-electron chi connectivity index (χ4n) is 2.11. The van der Waals surface area contributed by atoms with Crippen LogP contribution in [0.2, 0.25) is 0 Å². The summed E-state index contributed by atoms with van der Waals surface area (Å²) in [6.45, 7) is 5.58. The zero-order valence-corrected chi connectivity index (χ0v) is 12.1. The molecule has 0 saturated carbocycles. The van der Waals surface area contributed by atoms with E-state index in [1.807, 2.05) is 30.0 Å². The third-order valence-corrected chi connectivity index (χ3v) is 4.51. The predicted molar refractivity (Wildman–Crippen MR) is 80.4 cm³/mol. The number of nitrogens with two attached hydrogens (primary N) is 1. The van der Waals surface area contributed by atoms with Crippen molar-refractivity contribution in [1.82, 2.24) is 10.2 Å². The molecule has 1 heterocycles. The van der Waals surface area contributed by atoms with Crippen LogP contribution >= 0.6 is 11.8 Å². The number of hydrogen-bond donors (Lipinski definition) is 2. The molecule has 1 aliphatic heterocycles. The highest BCUT2D eigenvalue weighted by atomic mass is 32.2. The average molecular weight is 279 g/mol. The lowest BCUT2D eigenvalue weighted by Crippen LogP contribution is -2.35. The Balaban J connectivity index is 1.90. The van der Waals surface area contributed by atoms with Gasteiger partial charge >= 0.3 is 0 Å². The summed E-state index contributed by atoms with van der Waals surface area (Å²) in [5.74, 6) is 0.708. The molecule has 0 unspecified atom stereocenters. The molecule has 1 fully saturated rings. The summed E-state index contributed by atoms with van der Waals surface area (Å²) < 4.78 is 0. The highest BCUT2D eigenvalue weighted by Gasteiger charge is 2.15. The number of nitrogen functional groups attached to an aromatic ring is 1. The monoisotopic (exact) mass is 279 g/mol. The summed E-state index contributed by atoms with van der Waals surface area (Å²) in [4.78, 5) is 15.2. The third kappa shape index (κ3) is 3.88. The summed E-state index contributed by atoms with van der Waals surface area (Å²) in [5, 5.41) is 3.31. The fourth-order valence-corrected chi connectivity index (χ4v) is 3.08. The van der Waals surface area contributed by atoms with Crippen LogP contribution in [0.3, 0.4) is 0 Å². The van der Waals surface area contributed by atoms with Gasteiger partial charge in [-0.15, -0.1) is 11.8 Å². The molecule has 0 aliphatic carbocycles. The number of nitrogens with one attached hydrogen (secondary N) is 1. The summed E-state index contributed by atoms with van der Waals surface area (Å²) >= 11 is 1.58. The van der Waals surface area contributed by atoms with Crippen molar-refractivity contribution in [3.8, 4) is 0 Å². The summed E-state index contributed by atoms with van der Waals surface area (Å²) in [6.07, 6.45) is 1.04. The van der Waals surface area contributed by atoms with Gasteiger partial charge < -0.3 is 16.0 Å². The Morgan fingerprint density at radius 2 is 2.26 bits per heavy atom. The highest BCUT2D eigenvalue weighted by molar-refractivity contribution is 8.00. The van der Waals surface area contributed by atoms with E-state index in [4.69, 9.17) is 5.73 Å². The summed E-state index contributed by atoms with van der Waals surface area (Å²) in [5.41, 5.74) is 7.73. The van der Waals surface area contributed by atoms with Gasteiger partial charge in [0, 0.05) is 30.2 Å². The molecule has 19 heavy (non-hydrogen) atoms. The Hall–Kier alpha value is -1.20. The van der Waals surface area contributed by atoms with Crippen LogP contribution in [-0.2, 0) is 4.79 Å². The maximum Gasteiger partial charge on any atom is 0.232 e. The number of hydrogen-bond acceptors (Lipinski definition) is 4. The van der Waals surface area contributed by atoms with Gasteiger partial charge in [0.25, 0.3) is 0 Å². The van der Waals surface area contributed by atoms with Gasteiger partial charge in [0.15, 0.2) is 0 Å². The number of carbonyl (C=O) groups excluding carboxylic acids is 1. The number of amides is 1. The van der Waals surface area contributed by atoms with Crippen LogP contribution in [0.25, 0.3) is 0 Å². The first kappa shape index (κ1) is 14.2. The standard InChI is InChI=1S/C14H21N3OS/c1-11-12(15)4-2-5-13(11)19-10-14(18)17-8-3-6-16-7-9-17/h2,4-5,16H,3,6-10,15H2,1H3. The lowest BCUT2D eigenvalue weighted by molar-refractivity contribution is -0.128. The van der Waals surface area contributed by atoms with Crippen LogP contribution < -0.4 is 11.1 Å². The molecule has 1 saturated heterocycles. The van der Waals surface area contributed by atoms with Crippen molar-refractivity contribution in [2.24, 2.45) is 0 Å². The van der Waals surface area contributed by atoms with Gasteiger partial charge in [-0.1, -0.05) is 6.07 Å². The third-order valence-electron chi connectivity index (χ3n) is 3.37. The summed E-state index contributed by atoms with van der Waals surface area (Å²) in [7, 11) is 0. The van der Waals surface area contributed by atoms with Crippen LogP contribution in [0.4, 0.5) is 5.69 Å². The number of rotatable bonds is 3. The van der Waals surface area contributed by atoms with Crippen LogP contribution in [0.15, 0.2) is 23.1 Å². The SMILES string of the molecule is Cc1c(N)cccc1SCC(=O)N1CCCNCC1. The van der Waals surface area contributed by atoms with Gasteiger partial charge in [0.05, 0.1) is 5.75 Å². The van der Waals surface area contributed by atoms with E-state index < -0.39 is 0 Å². The molecule has 0 radical (unpaired) electrons.